The highest BCUT2D eigenvalue weighted by Crippen LogP contribution is 2.39. The van der Waals surface area contributed by atoms with Crippen LogP contribution in [0.25, 0.3) is 0 Å². The molecule has 0 saturated heterocycles. The van der Waals surface area contributed by atoms with Crippen LogP contribution in [0.2, 0.25) is 0 Å². The second-order valence-electron chi connectivity index (χ2n) is 4.71. The molecule has 2 aromatic carbocycles. The van der Waals surface area contributed by atoms with E-state index in [4.69, 9.17) is 5.73 Å². The molecule has 98 valence electrons. The predicted molar refractivity (Wildman–Crippen MR) is 84.8 cm³/mol. The first-order chi connectivity index (χ1) is 9.35. The summed E-state index contributed by atoms with van der Waals surface area (Å²) in [7, 11) is 0. The standard InChI is InChI=1S/C16H17NS2/c17-10-12-4-3-6-14(8-12)18-11-15-9-13-5-1-2-7-16(13)19-15/h1-8,15H,9-11,17H2. The molecular weight excluding hydrogens is 270 g/mol. The normalized spacial score (nSPS) is 17.4. The second-order valence-corrected chi connectivity index (χ2v) is 7.15. The fourth-order valence-corrected chi connectivity index (χ4v) is 4.76. The summed E-state index contributed by atoms with van der Waals surface area (Å²) in [6, 6.07) is 17.3. The summed E-state index contributed by atoms with van der Waals surface area (Å²) in [5, 5.41) is 0.698. The molecule has 0 radical (unpaired) electrons. The Morgan fingerprint density at radius 2 is 2.05 bits per heavy atom. The molecule has 1 aliphatic rings. The number of thioether (sulfide) groups is 2. The van der Waals surface area contributed by atoms with Crippen LogP contribution in [0.15, 0.2) is 58.3 Å². The van der Waals surface area contributed by atoms with E-state index in [0.717, 1.165) is 5.75 Å². The molecule has 1 nitrogen and oxygen atoms in total. The van der Waals surface area contributed by atoms with Gasteiger partial charge in [0.05, 0.1) is 0 Å². The molecule has 1 aliphatic heterocycles. The SMILES string of the molecule is NCc1cccc(SCC2Cc3ccccc3S2)c1. The van der Waals surface area contributed by atoms with E-state index in [0.29, 0.717) is 11.8 Å². The number of fused-ring (bicyclic) bond motifs is 1. The number of hydrogen-bond donors (Lipinski definition) is 1. The molecule has 2 N–H and O–H groups in total. The van der Waals surface area contributed by atoms with E-state index in [2.05, 4.69) is 48.5 Å². The summed E-state index contributed by atoms with van der Waals surface area (Å²) >= 11 is 3.96. The lowest BCUT2D eigenvalue weighted by atomic mass is 10.1. The van der Waals surface area contributed by atoms with Crippen molar-refractivity contribution < 1.29 is 0 Å². The van der Waals surface area contributed by atoms with E-state index >= 15 is 0 Å². The summed E-state index contributed by atoms with van der Waals surface area (Å²) in [5.41, 5.74) is 8.40. The Kier molecular flexibility index (Phi) is 4.16. The Labute approximate surface area is 123 Å². The highest BCUT2D eigenvalue weighted by molar-refractivity contribution is 8.03. The van der Waals surface area contributed by atoms with Gasteiger partial charge in [-0.3, -0.25) is 0 Å². The molecule has 0 aromatic heterocycles. The molecule has 3 rings (SSSR count). The maximum atomic E-state index is 5.68. The van der Waals surface area contributed by atoms with Crippen LogP contribution in [-0.2, 0) is 13.0 Å². The maximum Gasteiger partial charge on any atom is 0.0229 e. The van der Waals surface area contributed by atoms with Crippen molar-refractivity contribution >= 4 is 23.5 Å². The van der Waals surface area contributed by atoms with E-state index in [9.17, 15) is 0 Å². The van der Waals surface area contributed by atoms with Crippen LogP contribution in [0, 0.1) is 0 Å². The van der Waals surface area contributed by atoms with E-state index in [1.807, 2.05) is 23.5 Å². The van der Waals surface area contributed by atoms with Gasteiger partial charge in [-0.15, -0.1) is 23.5 Å². The van der Waals surface area contributed by atoms with Crippen molar-refractivity contribution in [2.75, 3.05) is 5.75 Å². The molecule has 0 bridgehead atoms. The molecular formula is C16H17NS2. The monoisotopic (exact) mass is 287 g/mol. The van der Waals surface area contributed by atoms with Crippen LogP contribution in [0.4, 0.5) is 0 Å². The summed E-state index contributed by atoms with van der Waals surface area (Å²) in [4.78, 5) is 2.79. The fourth-order valence-electron chi connectivity index (χ4n) is 2.30. The van der Waals surface area contributed by atoms with Crippen LogP contribution < -0.4 is 5.73 Å². The van der Waals surface area contributed by atoms with Gasteiger partial charge < -0.3 is 5.73 Å². The van der Waals surface area contributed by atoms with Gasteiger partial charge >= 0.3 is 0 Å². The van der Waals surface area contributed by atoms with E-state index < -0.39 is 0 Å². The zero-order chi connectivity index (χ0) is 13.1. The number of nitrogens with two attached hydrogens (primary N) is 1. The number of benzene rings is 2. The summed E-state index contributed by atoms with van der Waals surface area (Å²) in [6.45, 7) is 0.623. The maximum absolute atomic E-state index is 5.68. The van der Waals surface area contributed by atoms with Crippen molar-refractivity contribution in [3.63, 3.8) is 0 Å². The van der Waals surface area contributed by atoms with Crippen LogP contribution in [-0.4, -0.2) is 11.0 Å². The Morgan fingerprint density at radius 3 is 2.89 bits per heavy atom. The van der Waals surface area contributed by atoms with Crippen molar-refractivity contribution in [3.05, 3.63) is 59.7 Å². The first-order valence-electron chi connectivity index (χ1n) is 6.51. The number of hydrogen-bond acceptors (Lipinski definition) is 3. The quantitative estimate of drug-likeness (QED) is 0.862. The van der Waals surface area contributed by atoms with Gasteiger partial charge in [0.15, 0.2) is 0 Å². The Balaban J connectivity index is 1.59. The van der Waals surface area contributed by atoms with Crippen molar-refractivity contribution in [2.45, 2.75) is 28.0 Å². The van der Waals surface area contributed by atoms with Gasteiger partial charge in [0.2, 0.25) is 0 Å². The molecule has 0 saturated carbocycles. The van der Waals surface area contributed by atoms with Crippen LogP contribution in [0.1, 0.15) is 11.1 Å². The highest BCUT2D eigenvalue weighted by Gasteiger charge is 2.21. The summed E-state index contributed by atoms with van der Waals surface area (Å²) in [6.07, 6.45) is 1.20. The van der Waals surface area contributed by atoms with E-state index in [-0.39, 0.29) is 0 Å². The topological polar surface area (TPSA) is 26.0 Å². The third kappa shape index (κ3) is 3.16. The first-order valence-corrected chi connectivity index (χ1v) is 8.38. The lowest BCUT2D eigenvalue weighted by Crippen LogP contribution is -2.04. The molecule has 1 unspecified atom stereocenters. The summed E-state index contributed by atoms with van der Waals surface area (Å²) < 4.78 is 0. The van der Waals surface area contributed by atoms with Gasteiger partial charge in [-0.2, -0.15) is 0 Å². The van der Waals surface area contributed by atoms with Crippen molar-refractivity contribution in [1.82, 2.24) is 0 Å². The van der Waals surface area contributed by atoms with Gasteiger partial charge in [0.25, 0.3) is 0 Å². The highest BCUT2D eigenvalue weighted by atomic mass is 32.2. The molecule has 0 spiro atoms. The molecule has 19 heavy (non-hydrogen) atoms. The smallest absolute Gasteiger partial charge is 0.0229 e. The van der Waals surface area contributed by atoms with Crippen LogP contribution in [0.5, 0.6) is 0 Å². The Bertz CT molecular complexity index is 543. The molecule has 0 fully saturated rings. The Hall–Kier alpha value is -0.900. The van der Waals surface area contributed by atoms with E-state index in [1.165, 1.54) is 27.3 Å². The van der Waals surface area contributed by atoms with Crippen molar-refractivity contribution in [2.24, 2.45) is 5.73 Å². The first kappa shape index (κ1) is 13.1. The average molecular weight is 287 g/mol. The molecule has 1 atom stereocenters. The second kappa shape index (κ2) is 6.04. The van der Waals surface area contributed by atoms with E-state index in [1.54, 1.807) is 0 Å². The van der Waals surface area contributed by atoms with Gasteiger partial charge in [-0.05, 0) is 35.7 Å². The largest absolute Gasteiger partial charge is 0.326 e. The molecule has 3 heteroatoms. The van der Waals surface area contributed by atoms with Gasteiger partial charge in [0, 0.05) is 27.3 Å². The minimum absolute atomic E-state index is 0.623. The van der Waals surface area contributed by atoms with Crippen molar-refractivity contribution in [3.8, 4) is 0 Å². The lowest BCUT2D eigenvalue weighted by Gasteiger charge is -2.08. The molecule has 2 aromatic rings. The minimum atomic E-state index is 0.623. The predicted octanol–water partition coefficient (Wildman–Crippen LogP) is 3.95. The molecule has 0 amide bonds. The zero-order valence-corrected chi connectivity index (χ0v) is 12.3. The summed E-state index contributed by atoms with van der Waals surface area (Å²) in [5.74, 6) is 1.16. The van der Waals surface area contributed by atoms with Gasteiger partial charge in [0.1, 0.15) is 0 Å². The van der Waals surface area contributed by atoms with Crippen LogP contribution >= 0.6 is 23.5 Å². The van der Waals surface area contributed by atoms with Crippen LogP contribution in [0.3, 0.4) is 0 Å². The fraction of sp³-hybridized carbons (Fsp3) is 0.250. The Morgan fingerprint density at radius 1 is 1.16 bits per heavy atom. The zero-order valence-electron chi connectivity index (χ0n) is 10.7. The minimum Gasteiger partial charge on any atom is -0.326 e. The lowest BCUT2D eigenvalue weighted by molar-refractivity contribution is 0.970. The van der Waals surface area contributed by atoms with Gasteiger partial charge in [-0.25, -0.2) is 0 Å². The molecule has 1 heterocycles. The third-order valence-electron chi connectivity index (χ3n) is 3.28. The molecule has 0 aliphatic carbocycles. The van der Waals surface area contributed by atoms with Gasteiger partial charge in [-0.1, -0.05) is 30.3 Å². The third-order valence-corrected chi connectivity index (χ3v) is 5.97. The average Bonchev–Trinajstić information content (AvgIpc) is 2.88. The number of rotatable bonds is 4. The van der Waals surface area contributed by atoms with Crippen molar-refractivity contribution in [1.29, 1.82) is 0 Å².